The van der Waals surface area contributed by atoms with Crippen LogP contribution >= 0.6 is 12.4 Å². The maximum Gasteiger partial charge on any atom is 0.216 e. The molecular formula is C21H27ClN4O. The van der Waals surface area contributed by atoms with Crippen molar-refractivity contribution < 1.29 is 5.11 Å². The van der Waals surface area contributed by atoms with Crippen molar-refractivity contribution in [2.45, 2.75) is 44.9 Å². The van der Waals surface area contributed by atoms with E-state index < -0.39 is 5.79 Å². The Morgan fingerprint density at radius 3 is 2.59 bits per heavy atom. The summed E-state index contributed by atoms with van der Waals surface area (Å²) in [4.78, 5) is 2.18. The highest BCUT2D eigenvalue weighted by atomic mass is 35.5. The topological polar surface area (TPSA) is 53.3 Å². The van der Waals surface area contributed by atoms with Crippen LogP contribution in [0.2, 0.25) is 0 Å². The van der Waals surface area contributed by atoms with Crippen LogP contribution in [0, 0.1) is 6.92 Å². The van der Waals surface area contributed by atoms with Crippen molar-refractivity contribution in [3.05, 3.63) is 71.1 Å². The zero-order chi connectivity index (χ0) is 18.1. The maximum atomic E-state index is 10.9. The minimum Gasteiger partial charge on any atom is -0.493 e. The van der Waals surface area contributed by atoms with Crippen LogP contribution < -0.4 is 5.32 Å². The molecule has 0 amide bonds. The first-order valence-electron chi connectivity index (χ1n) is 9.29. The van der Waals surface area contributed by atoms with Crippen LogP contribution in [0.15, 0.2) is 48.7 Å². The van der Waals surface area contributed by atoms with Gasteiger partial charge in [-0.3, -0.25) is 4.90 Å². The fourth-order valence-corrected chi connectivity index (χ4v) is 3.86. The second-order valence-corrected chi connectivity index (χ2v) is 7.30. The molecule has 2 aromatic rings. The van der Waals surface area contributed by atoms with Crippen LogP contribution in [-0.4, -0.2) is 26.8 Å². The van der Waals surface area contributed by atoms with E-state index in [1.807, 2.05) is 18.4 Å². The van der Waals surface area contributed by atoms with Crippen molar-refractivity contribution >= 4 is 12.4 Å². The smallest absolute Gasteiger partial charge is 0.216 e. The molecule has 2 N–H and O–H groups in total. The van der Waals surface area contributed by atoms with Crippen molar-refractivity contribution in [3.63, 3.8) is 0 Å². The van der Waals surface area contributed by atoms with E-state index in [9.17, 15) is 5.11 Å². The predicted molar refractivity (Wildman–Crippen MR) is 110 cm³/mol. The van der Waals surface area contributed by atoms with Gasteiger partial charge in [-0.05, 0) is 63.6 Å². The molecule has 2 aliphatic rings. The lowest BCUT2D eigenvalue weighted by molar-refractivity contribution is 0.0393. The number of aromatic hydroxyl groups is 1. The number of rotatable bonds is 4. The molecule has 4 rings (SSSR count). The number of fused-ring (bicyclic) bond motifs is 1. The number of likely N-dealkylation sites (N-methyl/N-ethyl adjacent to an activating group) is 1. The molecule has 0 spiro atoms. The first-order chi connectivity index (χ1) is 12.6. The number of hydrogen-bond acceptors (Lipinski definition) is 4. The lowest BCUT2D eigenvalue weighted by Gasteiger charge is -2.41. The fourth-order valence-electron chi connectivity index (χ4n) is 3.86. The van der Waals surface area contributed by atoms with Crippen molar-refractivity contribution in [2.24, 2.45) is 0 Å². The van der Waals surface area contributed by atoms with Crippen LogP contribution in [0.3, 0.4) is 0 Å². The molecule has 0 radical (unpaired) electrons. The van der Waals surface area contributed by atoms with E-state index in [2.05, 4.69) is 54.5 Å². The Morgan fingerprint density at radius 1 is 1.19 bits per heavy atom. The number of aromatic nitrogens is 2. The fraction of sp³-hybridized carbons (Fsp3) is 0.381. The molecule has 0 saturated heterocycles. The van der Waals surface area contributed by atoms with E-state index >= 15 is 0 Å². The molecule has 5 nitrogen and oxygen atoms in total. The van der Waals surface area contributed by atoms with Gasteiger partial charge in [0.1, 0.15) is 0 Å². The van der Waals surface area contributed by atoms with Crippen molar-refractivity contribution in [1.82, 2.24) is 20.0 Å². The minimum absolute atomic E-state index is 0. The Labute approximate surface area is 166 Å². The van der Waals surface area contributed by atoms with Crippen molar-refractivity contribution in [1.29, 1.82) is 0 Å². The predicted octanol–water partition coefficient (Wildman–Crippen LogP) is 3.61. The molecule has 1 unspecified atom stereocenters. The molecule has 1 atom stereocenters. The number of allylic oxidation sites excluding steroid dienone is 2. The highest BCUT2D eigenvalue weighted by molar-refractivity contribution is 5.85. The Morgan fingerprint density at radius 2 is 1.93 bits per heavy atom. The molecule has 0 saturated carbocycles. The van der Waals surface area contributed by atoms with Gasteiger partial charge in [-0.25, -0.2) is 0 Å². The third-order valence-electron chi connectivity index (χ3n) is 5.41. The number of halogens is 1. The van der Waals surface area contributed by atoms with Crippen LogP contribution in [0.25, 0.3) is 0 Å². The molecule has 1 aromatic heterocycles. The third-order valence-corrected chi connectivity index (χ3v) is 5.41. The van der Waals surface area contributed by atoms with Crippen molar-refractivity contribution in [3.8, 4) is 5.88 Å². The van der Waals surface area contributed by atoms with E-state index in [0.717, 1.165) is 43.5 Å². The summed E-state index contributed by atoms with van der Waals surface area (Å²) in [5.41, 5.74) is 4.51. The molecule has 1 aromatic carbocycles. The van der Waals surface area contributed by atoms with Gasteiger partial charge in [0.15, 0.2) is 0 Å². The SMILES string of the molecule is Cc1ccc(CN(C)C2(n3nc4c(c3O)CCCC4)C=CC=CN2)cc1.Cl. The molecule has 144 valence electrons. The lowest BCUT2D eigenvalue weighted by atomic mass is 9.98. The third kappa shape index (κ3) is 3.49. The summed E-state index contributed by atoms with van der Waals surface area (Å²) < 4.78 is 1.75. The Kier molecular flexibility index (Phi) is 5.63. The lowest BCUT2D eigenvalue weighted by Crippen LogP contribution is -2.56. The molecule has 2 heterocycles. The summed E-state index contributed by atoms with van der Waals surface area (Å²) in [6, 6.07) is 8.56. The van der Waals surface area contributed by atoms with Crippen LogP contribution in [0.5, 0.6) is 5.88 Å². The quantitative estimate of drug-likeness (QED) is 0.842. The van der Waals surface area contributed by atoms with Gasteiger partial charge in [-0.2, -0.15) is 9.78 Å². The zero-order valence-corrected chi connectivity index (χ0v) is 16.7. The summed E-state index contributed by atoms with van der Waals surface area (Å²) in [6.07, 6.45) is 12.0. The number of benzene rings is 1. The van der Waals surface area contributed by atoms with Crippen LogP contribution in [-0.2, 0) is 25.2 Å². The van der Waals surface area contributed by atoms with Gasteiger partial charge in [0.05, 0.1) is 5.69 Å². The average molecular weight is 387 g/mol. The van der Waals surface area contributed by atoms with Gasteiger partial charge in [0.25, 0.3) is 0 Å². The van der Waals surface area contributed by atoms with E-state index in [1.54, 1.807) is 4.68 Å². The molecule has 6 heteroatoms. The normalized spacial score (nSPS) is 20.9. The van der Waals surface area contributed by atoms with Crippen LogP contribution in [0.1, 0.15) is 35.2 Å². The van der Waals surface area contributed by atoms with E-state index in [-0.39, 0.29) is 18.3 Å². The monoisotopic (exact) mass is 386 g/mol. The second-order valence-electron chi connectivity index (χ2n) is 7.30. The average Bonchev–Trinajstić information content (AvgIpc) is 3.02. The summed E-state index contributed by atoms with van der Waals surface area (Å²) in [6.45, 7) is 2.83. The summed E-state index contributed by atoms with van der Waals surface area (Å²) >= 11 is 0. The minimum atomic E-state index is -0.721. The summed E-state index contributed by atoms with van der Waals surface area (Å²) in [7, 11) is 2.05. The molecule has 1 aliphatic heterocycles. The van der Waals surface area contributed by atoms with E-state index in [4.69, 9.17) is 5.10 Å². The van der Waals surface area contributed by atoms with Gasteiger partial charge in [-0.15, -0.1) is 12.4 Å². The largest absolute Gasteiger partial charge is 0.493 e. The molecular weight excluding hydrogens is 360 g/mol. The second kappa shape index (κ2) is 7.79. The highest BCUT2D eigenvalue weighted by Gasteiger charge is 2.39. The van der Waals surface area contributed by atoms with Crippen LogP contribution in [0.4, 0.5) is 0 Å². The Hall–Kier alpha value is -2.24. The Balaban J connectivity index is 0.00000210. The highest BCUT2D eigenvalue weighted by Crippen LogP contribution is 2.35. The van der Waals surface area contributed by atoms with E-state index in [1.165, 1.54) is 11.1 Å². The number of aryl methyl sites for hydroxylation is 2. The molecule has 0 fully saturated rings. The first kappa shape index (κ1) is 19.5. The van der Waals surface area contributed by atoms with Crippen molar-refractivity contribution in [2.75, 3.05) is 7.05 Å². The molecule has 27 heavy (non-hydrogen) atoms. The standard InChI is InChI=1S/C21H26N4O.ClH/c1-16-9-11-17(12-10-16)15-24(2)21(13-5-6-14-22-21)25-20(26)18-7-3-4-8-19(18)23-25;/h5-6,9-14,22,26H,3-4,7-8,15H2,1-2H3;1H. The summed E-state index contributed by atoms with van der Waals surface area (Å²) in [5.74, 6) is -0.441. The Bertz CT molecular complexity index is 856. The number of dihydropyridines is 1. The molecule has 0 bridgehead atoms. The maximum absolute atomic E-state index is 10.9. The van der Waals surface area contributed by atoms with Gasteiger partial charge in [0, 0.05) is 12.1 Å². The molecule has 1 aliphatic carbocycles. The number of hydrogen-bond donors (Lipinski definition) is 2. The number of nitrogens with one attached hydrogen (secondary N) is 1. The van der Waals surface area contributed by atoms with Gasteiger partial charge < -0.3 is 10.4 Å². The van der Waals surface area contributed by atoms with E-state index in [0.29, 0.717) is 0 Å². The van der Waals surface area contributed by atoms with Gasteiger partial charge >= 0.3 is 0 Å². The van der Waals surface area contributed by atoms with Gasteiger partial charge in [0.2, 0.25) is 11.7 Å². The first-order valence-corrected chi connectivity index (χ1v) is 9.29. The zero-order valence-electron chi connectivity index (χ0n) is 15.9. The summed E-state index contributed by atoms with van der Waals surface area (Å²) in [5, 5.41) is 19.1. The van der Waals surface area contributed by atoms with Gasteiger partial charge in [-0.1, -0.05) is 35.9 Å². The number of nitrogens with zero attached hydrogens (tertiary/aromatic N) is 3.